The fraction of sp³-hybridized carbons (Fsp3) is 0.423. The third-order valence-electron chi connectivity index (χ3n) is 6.73. The third kappa shape index (κ3) is 5.02. The number of carboxylic acid groups (broad SMARTS) is 1. The molecule has 0 spiro atoms. The predicted octanol–water partition coefficient (Wildman–Crippen LogP) is 4.02. The highest BCUT2D eigenvalue weighted by molar-refractivity contribution is 5.79. The maximum atomic E-state index is 12.5. The molecule has 1 heterocycles. The van der Waals surface area contributed by atoms with Gasteiger partial charge in [0.25, 0.3) is 0 Å². The fourth-order valence-corrected chi connectivity index (χ4v) is 4.99. The summed E-state index contributed by atoms with van der Waals surface area (Å²) in [5.41, 5.74) is 4.69. The normalized spacial score (nSPS) is 19.5. The summed E-state index contributed by atoms with van der Waals surface area (Å²) in [4.78, 5) is 37.6. The number of benzene rings is 2. The molecule has 2 aliphatic rings. The Balaban J connectivity index is 1.20. The molecule has 7 nitrogen and oxygen atoms in total. The topological polar surface area (TPSA) is 95.9 Å². The van der Waals surface area contributed by atoms with E-state index >= 15 is 0 Å². The quantitative estimate of drug-likeness (QED) is 0.621. The van der Waals surface area contributed by atoms with Gasteiger partial charge >= 0.3 is 12.1 Å². The number of hydrogen-bond donors (Lipinski definition) is 2. The van der Waals surface area contributed by atoms with Gasteiger partial charge in [0.15, 0.2) is 0 Å². The summed E-state index contributed by atoms with van der Waals surface area (Å²) in [5.74, 6) is -1.15. The molecule has 7 heteroatoms. The number of likely N-dealkylation sites (tertiary alicyclic amines) is 1. The highest BCUT2D eigenvalue weighted by Gasteiger charge is 2.32. The van der Waals surface area contributed by atoms with Crippen LogP contribution < -0.4 is 5.32 Å². The predicted molar refractivity (Wildman–Crippen MR) is 124 cm³/mol. The van der Waals surface area contributed by atoms with Crippen LogP contribution in [-0.4, -0.2) is 53.7 Å². The van der Waals surface area contributed by atoms with E-state index in [2.05, 4.69) is 29.6 Å². The number of alkyl carbamates (subject to hydrolysis) is 1. The van der Waals surface area contributed by atoms with Crippen molar-refractivity contribution in [1.29, 1.82) is 0 Å². The van der Waals surface area contributed by atoms with Crippen LogP contribution in [0.25, 0.3) is 11.1 Å². The van der Waals surface area contributed by atoms with E-state index in [-0.39, 0.29) is 30.4 Å². The molecule has 0 aromatic heterocycles. The van der Waals surface area contributed by atoms with Crippen molar-refractivity contribution in [3.8, 4) is 11.1 Å². The molecule has 1 aliphatic carbocycles. The van der Waals surface area contributed by atoms with Gasteiger partial charge in [-0.05, 0) is 48.4 Å². The molecule has 174 valence electrons. The number of carbonyl (C=O) groups is 3. The lowest BCUT2D eigenvalue weighted by molar-refractivity contribution is -0.147. The van der Waals surface area contributed by atoms with E-state index in [9.17, 15) is 14.4 Å². The first-order valence-electron chi connectivity index (χ1n) is 11.6. The van der Waals surface area contributed by atoms with Crippen molar-refractivity contribution in [2.24, 2.45) is 5.92 Å². The summed E-state index contributed by atoms with van der Waals surface area (Å²) in [5, 5.41) is 11.9. The largest absolute Gasteiger partial charge is 0.481 e. The van der Waals surface area contributed by atoms with Gasteiger partial charge in [0, 0.05) is 31.5 Å². The SMILES string of the molecule is C[C@H]1C[C@@H](C(=O)O)CCN1C(=O)CCCNC(=O)OCC1c2ccccc2-c2ccccc21. The van der Waals surface area contributed by atoms with E-state index in [0.717, 1.165) is 11.1 Å². The second kappa shape index (κ2) is 10.1. The van der Waals surface area contributed by atoms with Crippen molar-refractivity contribution in [3.63, 3.8) is 0 Å². The Bertz CT molecular complexity index is 991. The number of piperidine rings is 1. The van der Waals surface area contributed by atoms with E-state index in [1.54, 1.807) is 4.90 Å². The Morgan fingerprint density at radius 3 is 2.30 bits per heavy atom. The van der Waals surface area contributed by atoms with Gasteiger partial charge in [-0.2, -0.15) is 0 Å². The Morgan fingerprint density at radius 2 is 1.70 bits per heavy atom. The van der Waals surface area contributed by atoms with Gasteiger partial charge in [-0.1, -0.05) is 48.5 Å². The molecule has 0 saturated carbocycles. The van der Waals surface area contributed by atoms with Crippen LogP contribution in [-0.2, 0) is 14.3 Å². The van der Waals surface area contributed by atoms with Crippen molar-refractivity contribution >= 4 is 18.0 Å². The van der Waals surface area contributed by atoms with Crippen LogP contribution in [0.5, 0.6) is 0 Å². The molecule has 0 radical (unpaired) electrons. The lowest BCUT2D eigenvalue weighted by Crippen LogP contribution is -2.46. The van der Waals surface area contributed by atoms with E-state index < -0.39 is 12.1 Å². The van der Waals surface area contributed by atoms with Gasteiger partial charge in [-0.25, -0.2) is 4.79 Å². The monoisotopic (exact) mass is 450 g/mol. The van der Waals surface area contributed by atoms with Crippen molar-refractivity contribution < 1.29 is 24.2 Å². The summed E-state index contributed by atoms with van der Waals surface area (Å²) >= 11 is 0. The second-order valence-corrected chi connectivity index (χ2v) is 8.85. The summed E-state index contributed by atoms with van der Waals surface area (Å²) < 4.78 is 5.51. The summed E-state index contributed by atoms with van der Waals surface area (Å²) in [6.45, 7) is 2.97. The molecular weight excluding hydrogens is 420 g/mol. The third-order valence-corrected chi connectivity index (χ3v) is 6.73. The molecule has 1 fully saturated rings. The van der Waals surface area contributed by atoms with E-state index in [0.29, 0.717) is 38.8 Å². The van der Waals surface area contributed by atoms with E-state index in [1.807, 2.05) is 31.2 Å². The number of nitrogens with one attached hydrogen (secondary N) is 1. The van der Waals surface area contributed by atoms with Crippen LogP contribution in [0.15, 0.2) is 48.5 Å². The van der Waals surface area contributed by atoms with Crippen LogP contribution in [0.2, 0.25) is 0 Å². The first kappa shape index (κ1) is 22.8. The average molecular weight is 451 g/mol. The van der Waals surface area contributed by atoms with Gasteiger partial charge < -0.3 is 20.1 Å². The number of carbonyl (C=O) groups excluding carboxylic acids is 2. The van der Waals surface area contributed by atoms with Crippen LogP contribution in [0.4, 0.5) is 4.79 Å². The van der Waals surface area contributed by atoms with Crippen LogP contribution in [0.3, 0.4) is 0 Å². The molecular formula is C26H30N2O5. The van der Waals surface area contributed by atoms with Crippen molar-refractivity contribution in [1.82, 2.24) is 10.2 Å². The second-order valence-electron chi connectivity index (χ2n) is 8.85. The molecule has 2 N–H and O–H groups in total. The summed E-state index contributed by atoms with van der Waals surface area (Å²) in [6.07, 6.45) is 1.31. The van der Waals surface area contributed by atoms with E-state index in [4.69, 9.17) is 9.84 Å². The Labute approximate surface area is 193 Å². The minimum Gasteiger partial charge on any atom is -0.481 e. The zero-order valence-electron chi connectivity index (χ0n) is 18.8. The van der Waals surface area contributed by atoms with Gasteiger partial charge in [-0.15, -0.1) is 0 Å². The van der Waals surface area contributed by atoms with Crippen LogP contribution >= 0.6 is 0 Å². The molecule has 0 bridgehead atoms. The Kier molecular flexibility index (Phi) is 6.96. The summed E-state index contributed by atoms with van der Waals surface area (Å²) in [7, 11) is 0. The van der Waals surface area contributed by atoms with Crippen molar-refractivity contribution in [3.05, 3.63) is 59.7 Å². The number of amides is 2. The first-order valence-corrected chi connectivity index (χ1v) is 11.6. The zero-order valence-corrected chi connectivity index (χ0v) is 18.8. The van der Waals surface area contributed by atoms with Gasteiger partial charge in [-0.3, -0.25) is 9.59 Å². The molecule has 2 atom stereocenters. The van der Waals surface area contributed by atoms with E-state index in [1.165, 1.54) is 11.1 Å². The maximum Gasteiger partial charge on any atom is 0.407 e. The van der Waals surface area contributed by atoms with Crippen molar-refractivity contribution in [2.75, 3.05) is 19.7 Å². The number of aliphatic carboxylic acids is 1. The molecule has 1 saturated heterocycles. The number of carboxylic acids is 1. The van der Waals surface area contributed by atoms with Gasteiger partial charge in [0.1, 0.15) is 6.61 Å². The summed E-state index contributed by atoms with van der Waals surface area (Å²) in [6, 6.07) is 16.3. The molecule has 1 aliphatic heterocycles. The molecule has 33 heavy (non-hydrogen) atoms. The smallest absolute Gasteiger partial charge is 0.407 e. The molecule has 2 amide bonds. The number of fused-ring (bicyclic) bond motifs is 3. The van der Waals surface area contributed by atoms with Crippen LogP contribution in [0, 0.1) is 5.92 Å². The zero-order chi connectivity index (χ0) is 23.4. The first-order chi connectivity index (χ1) is 16.0. The highest BCUT2D eigenvalue weighted by atomic mass is 16.5. The molecule has 2 aromatic rings. The average Bonchev–Trinajstić information content (AvgIpc) is 3.14. The minimum atomic E-state index is -0.791. The Morgan fingerprint density at radius 1 is 1.06 bits per heavy atom. The maximum absolute atomic E-state index is 12.5. The molecule has 2 aromatic carbocycles. The Hall–Kier alpha value is -3.35. The fourth-order valence-electron chi connectivity index (χ4n) is 4.99. The van der Waals surface area contributed by atoms with Crippen LogP contribution in [0.1, 0.15) is 49.7 Å². The standard InChI is InChI=1S/C26H30N2O5/c1-17-15-18(25(30)31)12-14-28(17)24(29)11-6-13-27-26(32)33-16-23-21-9-4-2-7-19(21)20-8-3-5-10-22(20)23/h2-5,7-10,17-18,23H,6,11-16H2,1H3,(H,27,32)(H,30,31)/t17-,18-/m0/s1. The number of ether oxygens (including phenoxy) is 1. The number of rotatable bonds is 7. The van der Waals surface area contributed by atoms with Gasteiger partial charge in [0.05, 0.1) is 5.92 Å². The lowest BCUT2D eigenvalue weighted by atomic mass is 9.91. The molecule has 0 unspecified atom stereocenters. The molecule has 4 rings (SSSR count). The van der Waals surface area contributed by atoms with Gasteiger partial charge in [0.2, 0.25) is 5.91 Å². The lowest BCUT2D eigenvalue weighted by Gasteiger charge is -2.36. The minimum absolute atomic E-state index is 0.000626. The highest BCUT2D eigenvalue weighted by Crippen LogP contribution is 2.44. The number of nitrogens with zero attached hydrogens (tertiary/aromatic N) is 1. The number of hydrogen-bond acceptors (Lipinski definition) is 4. The van der Waals surface area contributed by atoms with Crippen molar-refractivity contribution in [2.45, 2.75) is 44.6 Å².